The van der Waals surface area contributed by atoms with E-state index in [1.165, 1.54) is 5.56 Å². The van der Waals surface area contributed by atoms with Crippen LogP contribution < -0.4 is 0 Å². The number of hydrogen-bond acceptors (Lipinski definition) is 0. The van der Waals surface area contributed by atoms with Gasteiger partial charge in [0.05, 0.1) is 3.42 Å². The summed E-state index contributed by atoms with van der Waals surface area (Å²) >= 11 is 2.45. The van der Waals surface area contributed by atoms with Gasteiger partial charge in [-0.05, 0) is 12.5 Å². The second-order valence-electron chi connectivity index (χ2n) is 3.81. The molecule has 0 nitrogen and oxygen atoms in total. The standard InChI is InChI=1S/C13H13I/c1-13(14)9-7-12(8-10-13)11-5-3-2-4-6-11/h2-10,12H,1H3. The van der Waals surface area contributed by atoms with Crippen LogP contribution in [0.3, 0.4) is 0 Å². The van der Waals surface area contributed by atoms with E-state index >= 15 is 0 Å². The molecular formula is C13H13I. The largest absolute Gasteiger partial charge is 0.0756 e. The topological polar surface area (TPSA) is 0 Å². The van der Waals surface area contributed by atoms with Crippen LogP contribution in [0.15, 0.2) is 54.6 Å². The van der Waals surface area contributed by atoms with Crippen molar-refractivity contribution >= 4 is 22.6 Å². The molecule has 0 radical (unpaired) electrons. The van der Waals surface area contributed by atoms with Crippen LogP contribution in [0.4, 0.5) is 0 Å². The first-order valence-electron chi connectivity index (χ1n) is 4.80. The molecule has 14 heavy (non-hydrogen) atoms. The van der Waals surface area contributed by atoms with Crippen molar-refractivity contribution in [2.24, 2.45) is 0 Å². The Bertz CT molecular complexity index is 344. The zero-order valence-corrected chi connectivity index (χ0v) is 10.3. The first-order valence-corrected chi connectivity index (χ1v) is 5.88. The highest BCUT2D eigenvalue weighted by molar-refractivity contribution is 14.1. The number of halogens is 1. The van der Waals surface area contributed by atoms with Crippen molar-refractivity contribution in [3.8, 4) is 0 Å². The van der Waals surface area contributed by atoms with E-state index < -0.39 is 0 Å². The molecule has 1 aromatic rings. The lowest BCUT2D eigenvalue weighted by molar-refractivity contribution is 0.954. The van der Waals surface area contributed by atoms with E-state index in [1.807, 2.05) is 0 Å². The molecule has 2 rings (SSSR count). The molecule has 1 aromatic carbocycles. The van der Waals surface area contributed by atoms with Gasteiger partial charge in [-0.15, -0.1) is 0 Å². The van der Waals surface area contributed by atoms with Gasteiger partial charge in [0.2, 0.25) is 0 Å². The second-order valence-corrected chi connectivity index (χ2v) is 6.13. The molecule has 0 fully saturated rings. The number of allylic oxidation sites excluding steroid dienone is 4. The summed E-state index contributed by atoms with van der Waals surface area (Å²) in [4.78, 5) is 0. The Morgan fingerprint density at radius 2 is 1.64 bits per heavy atom. The van der Waals surface area contributed by atoms with Crippen molar-refractivity contribution in [3.05, 3.63) is 60.2 Å². The molecule has 0 aromatic heterocycles. The van der Waals surface area contributed by atoms with Crippen molar-refractivity contribution < 1.29 is 0 Å². The predicted octanol–water partition coefficient (Wildman–Crippen LogP) is 4.09. The van der Waals surface area contributed by atoms with E-state index in [9.17, 15) is 0 Å². The van der Waals surface area contributed by atoms with Gasteiger partial charge in [-0.25, -0.2) is 0 Å². The minimum atomic E-state index is 0.197. The summed E-state index contributed by atoms with van der Waals surface area (Å²) in [7, 11) is 0. The van der Waals surface area contributed by atoms with Crippen LogP contribution in [0, 0.1) is 0 Å². The van der Waals surface area contributed by atoms with E-state index in [0.29, 0.717) is 5.92 Å². The monoisotopic (exact) mass is 296 g/mol. The molecule has 0 bridgehead atoms. The molecule has 0 unspecified atom stereocenters. The average molecular weight is 296 g/mol. The maximum atomic E-state index is 2.45. The van der Waals surface area contributed by atoms with Crippen LogP contribution in [0.1, 0.15) is 18.4 Å². The Morgan fingerprint density at radius 1 is 1.07 bits per heavy atom. The number of rotatable bonds is 1. The van der Waals surface area contributed by atoms with Crippen molar-refractivity contribution in [1.82, 2.24) is 0 Å². The first kappa shape index (κ1) is 9.97. The summed E-state index contributed by atoms with van der Waals surface area (Å²) in [5.41, 5.74) is 1.37. The molecule has 0 spiro atoms. The molecule has 0 saturated heterocycles. The number of hydrogen-bond donors (Lipinski definition) is 0. The van der Waals surface area contributed by atoms with Crippen LogP contribution >= 0.6 is 22.6 Å². The smallest absolute Gasteiger partial charge is 0.0553 e. The zero-order valence-electron chi connectivity index (χ0n) is 8.15. The molecule has 1 aliphatic carbocycles. The molecular weight excluding hydrogens is 283 g/mol. The lowest BCUT2D eigenvalue weighted by atomic mass is 9.91. The maximum Gasteiger partial charge on any atom is 0.0553 e. The SMILES string of the molecule is CC1(I)C=CC(c2ccccc2)C=C1. The highest BCUT2D eigenvalue weighted by Crippen LogP contribution is 2.31. The third-order valence-corrected chi connectivity index (χ3v) is 3.16. The van der Waals surface area contributed by atoms with Gasteiger partial charge in [0.15, 0.2) is 0 Å². The third-order valence-electron chi connectivity index (χ3n) is 2.44. The third kappa shape index (κ3) is 2.27. The van der Waals surface area contributed by atoms with Crippen LogP contribution in [0.5, 0.6) is 0 Å². The van der Waals surface area contributed by atoms with Crippen molar-refractivity contribution in [3.63, 3.8) is 0 Å². The molecule has 1 heteroatoms. The quantitative estimate of drug-likeness (QED) is 0.416. The molecule has 72 valence electrons. The van der Waals surface area contributed by atoms with Gasteiger partial charge >= 0.3 is 0 Å². The van der Waals surface area contributed by atoms with Crippen LogP contribution in [-0.2, 0) is 0 Å². The summed E-state index contributed by atoms with van der Waals surface area (Å²) < 4.78 is 0.197. The fourth-order valence-electron chi connectivity index (χ4n) is 1.60. The van der Waals surface area contributed by atoms with Crippen molar-refractivity contribution in [2.75, 3.05) is 0 Å². The fraction of sp³-hybridized carbons (Fsp3) is 0.231. The van der Waals surface area contributed by atoms with E-state index in [4.69, 9.17) is 0 Å². The first-order chi connectivity index (χ1) is 6.67. The summed E-state index contributed by atoms with van der Waals surface area (Å²) in [6.45, 7) is 2.21. The molecule has 0 heterocycles. The Labute approximate surface area is 98.9 Å². The molecule has 0 amide bonds. The van der Waals surface area contributed by atoms with Gasteiger partial charge in [-0.3, -0.25) is 0 Å². The van der Waals surface area contributed by atoms with Gasteiger partial charge in [0.25, 0.3) is 0 Å². The summed E-state index contributed by atoms with van der Waals surface area (Å²) in [5.74, 6) is 0.457. The van der Waals surface area contributed by atoms with Gasteiger partial charge in [0.1, 0.15) is 0 Å². The fourth-order valence-corrected chi connectivity index (χ4v) is 2.02. The van der Waals surface area contributed by atoms with E-state index in [1.54, 1.807) is 0 Å². The van der Waals surface area contributed by atoms with Crippen molar-refractivity contribution in [1.29, 1.82) is 0 Å². The second kappa shape index (κ2) is 3.89. The number of benzene rings is 1. The number of alkyl halides is 1. The van der Waals surface area contributed by atoms with E-state index in [2.05, 4.69) is 84.2 Å². The average Bonchev–Trinajstić information content (AvgIpc) is 2.19. The molecule has 1 aliphatic rings. The Kier molecular flexibility index (Phi) is 2.77. The lowest BCUT2D eigenvalue weighted by Gasteiger charge is -2.20. The normalized spacial score (nSPS) is 30.6. The maximum absolute atomic E-state index is 2.45. The summed E-state index contributed by atoms with van der Waals surface area (Å²) in [5, 5.41) is 0. The van der Waals surface area contributed by atoms with Crippen LogP contribution in [0.25, 0.3) is 0 Å². The Hall–Kier alpha value is -0.570. The highest BCUT2D eigenvalue weighted by Gasteiger charge is 2.17. The minimum absolute atomic E-state index is 0.197. The molecule has 0 saturated carbocycles. The van der Waals surface area contributed by atoms with Gasteiger partial charge in [-0.2, -0.15) is 0 Å². The summed E-state index contributed by atoms with van der Waals surface area (Å²) in [6, 6.07) is 10.6. The predicted molar refractivity (Wildman–Crippen MR) is 69.9 cm³/mol. The van der Waals surface area contributed by atoms with Crippen LogP contribution in [0.2, 0.25) is 0 Å². The van der Waals surface area contributed by atoms with Crippen LogP contribution in [-0.4, -0.2) is 3.42 Å². The van der Waals surface area contributed by atoms with Gasteiger partial charge in [0, 0.05) is 5.92 Å². The molecule has 0 atom stereocenters. The van der Waals surface area contributed by atoms with Crippen molar-refractivity contribution in [2.45, 2.75) is 16.3 Å². The highest BCUT2D eigenvalue weighted by atomic mass is 127. The van der Waals surface area contributed by atoms with E-state index in [-0.39, 0.29) is 3.42 Å². The minimum Gasteiger partial charge on any atom is -0.0756 e. The zero-order chi connectivity index (χ0) is 10.0. The van der Waals surface area contributed by atoms with Gasteiger partial charge < -0.3 is 0 Å². The Morgan fingerprint density at radius 3 is 2.21 bits per heavy atom. The summed E-state index contributed by atoms with van der Waals surface area (Å²) in [6.07, 6.45) is 9.10. The Balaban J connectivity index is 2.22. The molecule has 0 aliphatic heterocycles. The van der Waals surface area contributed by atoms with Gasteiger partial charge in [-0.1, -0.05) is 77.2 Å². The van der Waals surface area contributed by atoms with E-state index in [0.717, 1.165) is 0 Å². The lowest BCUT2D eigenvalue weighted by Crippen LogP contribution is -2.11. The molecule has 0 N–H and O–H groups in total.